The molecule has 0 bridgehead atoms. The molecule has 1 amide bonds. The first kappa shape index (κ1) is 20.4. The lowest BCUT2D eigenvalue weighted by atomic mass is 9.95. The minimum Gasteiger partial charge on any atom is -0.507 e. The summed E-state index contributed by atoms with van der Waals surface area (Å²) in [5.41, 5.74) is 0.767. The molecule has 0 unspecified atom stereocenters. The zero-order valence-corrected chi connectivity index (χ0v) is 16.2. The first-order chi connectivity index (χ1) is 13.8. The number of halogens is 1. The van der Waals surface area contributed by atoms with Crippen molar-refractivity contribution in [1.29, 1.82) is 0 Å². The normalized spacial score (nSPS) is 18.1. The molecular formula is C21H18ClNO6. The molecule has 0 aromatic heterocycles. The Morgan fingerprint density at radius 3 is 2.24 bits per heavy atom. The van der Waals surface area contributed by atoms with Crippen LogP contribution >= 0.6 is 11.6 Å². The summed E-state index contributed by atoms with van der Waals surface area (Å²) in [6, 6.07) is 11.9. The number of benzene rings is 2. The van der Waals surface area contributed by atoms with Gasteiger partial charge in [0, 0.05) is 17.1 Å². The van der Waals surface area contributed by atoms with E-state index in [2.05, 4.69) is 0 Å². The third-order valence-corrected chi connectivity index (χ3v) is 4.91. The van der Waals surface area contributed by atoms with E-state index in [0.29, 0.717) is 21.9 Å². The van der Waals surface area contributed by atoms with Gasteiger partial charge in [-0.25, -0.2) is 0 Å². The van der Waals surface area contributed by atoms with Gasteiger partial charge in [-0.15, -0.1) is 0 Å². The van der Waals surface area contributed by atoms with E-state index in [0.717, 1.165) is 0 Å². The summed E-state index contributed by atoms with van der Waals surface area (Å²) >= 11 is 5.88. The summed E-state index contributed by atoms with van der Waals surface area (Å²) in [5.74, 6) is -2.60. The fourth-order valence-electron chi connectivity index (χ4n) is 3.22. The summed E-state index contributed by atoms with van der Waals surface area (Å²) in [6.07, 6.45) is -0.333. The van der Waals surface area contributed by atoms with Crippen molar-refractivity contribution in [2.24, 2.45) is 0 Å². The van der Waals surface area contributed by atoms with Gasteiger partial charge in [0.25, 0.3) is 11.7 Å². The molecule has 1 aliphatic heterocycles. The molecule has 0 saturated carbocycles. The molecule has 7 nitrogen and oxygen atoms in total. The Balaban J connectivity index is 2.13. The molecule has 1 heterocycles. The predicted molar refractivity (Wildman–Crippen MR) is 106 cm³/mol. The summed E-state index contributed by atoms with van der Waals surface area (Å²) in [4.78, 5) is 37.6. The smallest absolute Gasteiger partial charge is 0.305 e. The maximum atomic E-state index is 12.7. The largest absolute Gasteiger partial charge is 0.507 e. The standard InChI is InChI=1S/C21H18ClNO6/c1-29-15-8-4-12(5-9-15)18-17(19(26)13-2-6-14(22)7-3-13)20(27)21(28)23(18)11-10-16(24)25/h2-9,18,26H,10-11H2,1H3,(H,24,25)/t18-/m1/s1. The molecule has 1 fully saturated rings. The number of rotatable bonds is 6. The van der Waals surface area contributed by atoms with Crippen LogP contribution in [-0.4, -0.2) is 46.4 Å². The molecule has 1 saturated heterocycles. The number of aliphatic hydroxyl groups excluding tert-OH is 1. The molecule has 8 heteroatoms. The van der Waals surface area contributed by atoms with Crippen LogP contribution in [0.3, 0.4) is 0 Å². The molecule has 150 valence electrons. The Morgan fingerprint density at radius 2 is 1.69 bits per heavy atom. The zero-order chi connectivity index (χ0) is 21.1. The maximum absolute atomic E-state index is 12.7. The lowest BCUT2D eigenvalue weighted by Gasteiger charge is -2.25. The third kappa shape index (κ3) is 4.09. The molecule has 0 radical (unpaired) electrons. The Kier molecular flexibility index (Phi) is 5.89. The number of hydrogen-bond acceptors (Lipinski definition) is 5. The van der Waals surface area contributed by atoms with Crippen molar-refractivity contribution in [1.82, 2.24) is 4.90 Å². The summed E-state index contributed by atoms with van der Waals surface area (Å²) in [6.45, 7) is -0.173. The average molecular weight is 416 g/mol. The number of ketones is 1. The lowest BCUT2D eigenvalue weighted by molar-refractivity contribution is -0.142. The molecular weight excluding hydrogens is 398 g/mol. The number of carbonyl (C=O) groups is 3. The molecule has 2 aromatic rings. The number of carboxylic acid groups (broad SMARTS) is 1. The van der Waals surface area contributed by atoms with Gasteiger partial charge in [0.15, 0.2) is 0 Å². The summed E-state index contributed by atoms with van der Waals surface area (Å²) in [5, 5.41) is 20.3. The first-order valence-electron chi connectivity index (χ1n) is 8.73. The molecule has 1 aliphatic rings. The molecule has 2 aromatic carbocycles. The molecule has 0 spiro atoms. The van der Waals surface area contributed by atoms with Gasteiger partial charge in [0.05, 0.1) is 25.1 Å². The van der Waals surface area contributed by atoms with Crippen LogP contribution < -0.4 is 4.74 Å². The molecule has 0 aliphatic carbocycles. The van der Waals surface area contributed by atoms with Crippen LogP contribution in [0.1, 0.15) is 23.6 Å². The van der Waals surface area contributed by atoms with Crippen molar-refractivity contribution < 1.29 is 29.3 Å². The van der Waals surface area contributed by atoms with E-state index in [1.165, 1.54) is 24.1 Å². The van der Waals surface area contributed by atoms with Gasteiger partial charge in [0.2, 0.25) is 0 Å². The van der Waals surface area contributed by atoms with Crippen LogP contribution in [0.2, 0.25) is 5.02 Å². The number of likely N-dealkylation sites (tertiary alicyclic amines) is 1. The van der Waals surface area contributed by atoms with Crippen LogP contribution in [0.25, 0.3) is 5.76 Å². The highest BCUT2D eigenvalue weighted by Crippen LogP contribution is 2.39. The van der Waals surface area contributed by atoms with Crippen LogP contribution in [0.15, 0.2) is 54.1 Å². The van der Waals surface area contributed by atoms with Crippen LogP contribution in [0.5, 0.6) is 5.75 Å². The second-order valence-electron chi connectivity index (χ2n) is 6.42. The van der Waals surface area contributed by atoms with Crippen LogP contribution in [0, 0.1) is 0 Å². The molecule has 1 atom stereocenters. The van der Waals surface area contributed by atoms with E-state index in [1.54, 1.807) is 36.4 Å². The number of carbonyl (C=O) groups excluding carboxylic acids is 2. The fourth-order valence-corrected chi connectivity index (χ4v) is 3.35. The van der Waals surface area contributed by atoms with Crippen molar-refractivity contribution in [2.45, 2.75) is 12.5 Å². The number of aliphatic carboxylic acids is 1. The van der Waals surface area contributed by atoms with Crippen molar-refractivity contribution >= 4 is 35.0 Å². The number of hydrogen-bond donors (Lipinski definition) is 2. The number of aliphatic hydroxyl groups is 1. The number of nitrogens with zero attached hydrogens (tertiary/aromatic N) is 1. The number of methoxy groups -OCH3 is 1. The maximum Gasteiger partial charge on any atom is 0.305 e. The van der Waals surface area contributed by atoms with Crippen LogP contribution in [-0.2, 0) is 14.4 Å². The van der Waals surface area contributed by atoms with E-state index in [1.807, 2.05) is 0 Å². The highest BCUT2D eigenvalue weighted by molar-refractivity contribution is 6.46. The fraction of sp³-hybridized carbons (Fsp3) is 0.190. The van der Waals surface area contributed by atoms with Gasteiger partial charge in [-0.3, -0.25) is 14.4 Å². The second-order valence-corrected chi connectivity index (χ2v) is 6.85. The van der Waals surface area contributed by atoms with Crippen molar-refractivity contribution in [3.8, 4) is 5.75 Å². The number of ether oxygens (including phenoxy) is 1. The molecule has 2 N–H and O–H groups in total. The van der Waals surface area contributed by atoms with Crippen molar-refractivity contribution in [3.63, 3.8) is 0 Å². The Labute approximate surface area is 171 Å². The molecule has 29 heavy (non-hydrogen) atoms. The number of amides is 1. The van der Waals surface area contributed by atoms with Gasteiger partial charge < -0.3 is 19.8 Å². The zero-order valence-electron chi connectivity index (χ0n) is 15.5. The van der Waals surface area contributed by atoms with E-state index in [4.69, 9.17) is 21.4 Å². The van der Waals surface area contributed by atoms with Crippen LogP contribution in [0.4, 0.5) is 0 Å². The van der Waals surface area contributed by atoms with Gasteiger partial charge in [-0.2, -0.15) is 0 Å². The monoisotopic (exact) mass is 415 g/mol. The topological polar surface area (TPSA) is 104 Å². The minimum absolute atomic E-state index is 0.104. The van der Waals surface area contributed by atoms with Gasteiger partial charge >= 0.3 is 5.97 Å². The quantitative estimate of drug-likeness (QED) is 0.426. The Hall–Kier alpha value is -3.32. The first-order valence-corrected chi connectivity index (χ1v) is 9.11. The highest BCUT2D eigenvalue weighted by atomic mass is 35.5. The van der Waals surface area contributed by atoms with E-state index < -0.39 is 23.7 Å². The van der Waals surface area contributed by atoms with E-state index in [9.17, 15) is 19.5 Å². The van der Waals surface area contributed by atoms with Crippen molar-refractivity contribution in [2.75, 3.05) is 13.7 Å². The van der Waals surface area contributed by atoms with E-state index in [-0.39, 0.29) is 24.3 Å². The predicted octanol–water partition coefficient (Wildman–Crippen LogP) is 3.25. The Morgan fingerprint density at radius 1 is 1.07 bits per heavy atom. The van der Waals surface area contributed by atoms with Gasteiger partial charge in [-0.1, -0.05) is 23.7 Å². The van der Waals surface area contributed by atoms with Crippen molar-refractivity contribution in [3.05, 3.63) is 70.3 Å². The lowest BCUT2D eigenvalue weighted by Crippen LogP contribution is -2.31. The van der Waals surface area contributed by atoms with Gasteiger partial charge in [0.1, 0.15) is 11.5 Å². The summed E-state index contributed by atoms with van der Waals surface area (Å²) < 4.78 is 5.14. The molecule has 3 rings (SSSR count). The highest BCUT2D eigenvalue weighted by Gasteiger charge is 2.46. The number of carboxylic acids is 1. The average Bonchev–Trinajstić information content (AvgIpc) is 2.97. The second kappa shape index (κ2) is 8.36. The SMILES string of the molecule is COc1ccc([C@@H]2C(=C(O)c3ccc(Cl)cc3)C(=O)C(=O)N2CCC(=O)O)cc1. The third-order valence-electron chi connectivity index (χ3n) is 4.66. The van der Waals surface area contributed by atoms with E-state index >= 15 is 0 Å². The minimum atomic E-state index is -1.10. The summed E-state index contributed by atoms with van der Waals surface area (Å²) in [7, 11) is 1.51. The Bertz CT molecular complexity index is 981. The number of Topliss-reactive ketones (excluding diaryl/α,β-unsaturated/α-hetero) is 1. The van der Waals surface area contributed by atoms with Gasteiger partial charge in [-0.05, 0) is 42.0 Å².